The molecule has 0 N–H and O–H groups in total. The highest BCUT2D eigenvalue weighted by molar-refractivity contribution is 9.10. The molecule has 1 aromatic rings. The van der Waals surface area contributed by atoms with E-state index < -0.39 is 0 Å². The molecule has 70 valence electrons. The molecule has 1 aromatic heterocycles. The summed E-state index contributed by atoms with van der Waals surface area (Å²) in [5, 5.41) is 0. The number of Topliss-reactive ketones (excluding diaryl/α,β-unsaturated/α-hetero) is 1. The SMILES string of the molecule is CCCC(=O)c1cnc(Br)c(C)c1. The number of ketones is 1. The van der Waals surface area contributed by atoms with Gasteiger partial charge in [-0.3, -0.25) is 4.79 Å². The first-order chi connectivity index (χ1) is 6.15. The normalized spacial score (nSPS) is 10.1. The topological polar surface area (TPSA) is 30.0 Å². The van der Waals surface area contributed by atoms with E-state index in [1.165, 1.54) is 0 Å². The first kappa shape index (κ1) is 10.4. The highest BCUT2D eigenvalue weighted by atomic mass is 79.9. The summed E-state index contributed by atoms with van der Waals surface area (Å²) in [6.45, 7) is 3.93. The summed E-state index contributed by atoms with van der Waals surface area (Å²) in [6.07, 6.45) is 3.10. The molecule has 0 saturated carbocycles. The minimum atomic E-state index is 0.172. The number of rotatable bonds is 3. The molecule has 1 rings (SSSR count). The van der Waals surface area contributed by atoms with E-state index in [4.69, 9.17) is 0 Å². The maximum absolute atomic E-state index is 11.5. The van der Waals surface area contributed by atoms with E-state index in [0.29, 0.717) is 12.0 Å². The van der Waals surface area contributed by atoms with Gasteiger partial charge in [-0.05, 0) is 40.9 Å². The van der Waals surface area contributed by atoms with Crippen molar-refractivity contribution >= 4 is 21.7 Å². The molecule has 0 spiro atoms. The molecule has 0 aliphatic heterocycles. The standard InChI is InChI=1S/C10H12BrNO/c1-3-4-9(13)8-5-7(2)10(11)12-6-8/h5-6H,3-4H2,1-2H3. The molecule has 2 nitrogen and oxygen atoms in total. The Kier molecular flexibility index (Phi) is 3.60. The molecule has 0 radical (unpaired) electrons. The van der Waals surface area contributed by atoms with Gasteiger partial charge in [0.05, 0.1) is 0 Å². The Morgan fingerprint density at radius 3 is 2.85 bits per heavy atom. The van der Waals surface area contributed by atoms with Crippen molar-refractivity contribution in [1.29, 1.82) is 0 Å². The Labute approximate surface area is 86.5 Å². The Bertz CT molecular complexity index is 323. The number of hydrogen-bond acceptors (Lipinski definition) is 2. The fraction of sp³-hybridized carbons (Fsp3) is 0.400. The van der Waals surface area contributed by atoms with E-state index in [9.17, 15) is 4.79 Å². The third kappa shape index (κ3) is 2.62. The third-order valence-electron chi connectivity index (χ3n) is 1.81. The van der Waals surface area contributed by atoms with Gasteiger partial charge in [-0.1, -0.05) is 6.92 Å². The van der Waals surface area contributed by atoms with Crippen LogP contribution < -0.4 is 0 Å². The van der Waals surface area contributed by atoms with Gasteiger partial charge in [0.2, 0.25) is 0 Å². The van der Waals surface area contributed by atoms with E-state index in [0.717, 1.165) is 16.6 Å². The van der Waals surface area contributed by atoms with Crippen LogP contribution >= 0.6 is 15.9 Å². The number of nitrogens with zero attached hydrogens (tertiary/aromatic N) is 1. The molecule has 0 saturated heterocycles. The molecule has 0 atom stereocenters. The number of aromatic nitrogens is 1. The van der Waals surface area contributed by atoms with Gasteiger partial charge in [-0.25, -0.2) is 4.98 Å². The maximum Gasteiger partial charge on any atom is 0.164 e. The quantitative estimate of drug-likeness (QED) is 0.602. The minimum Gasteiger partial charge on any atom is -0.294 e. The monoisotopic (exact) mass is 241 g/mol. The fourth-order valence-corrected chi connectivity index (χ4v) is 1.30. The van der Waals surface area contributed by atoms with Gasteiger partial charge in [-0.15, -0.1) is 0 Å². The second-order valence-electron chi connectivity index (χ2n) is 3.00. The number of halogens is 1. The molecule has 0 bridgehead atoms. The van der Waals surface area contributed by atoms with Crippen molar-refractivity contribution in [2.75, 3.05) is 0 Å². The fourth-order valence-electron chi connectivity index (χ4n) is 1.08. The molecule has 0 aromatic carbocycles. The maximum atomic E-state index is 11.5. The van der Waals surface area contributed by atoms with Crippen molar-refractivity contribution in [1.82, 2.24) is 4.98 Å². The number of hydrogen-bond donors (Lipinski definition) is 0. The Hall–Kier alpha value is -0.700. The van der Waals surface area contributed by atoms with Gasteiger partial charge in [0.15, 0.2) is 5.78 Å². The van der Waals surface area contributed by atoms with Gasteiger partial charge in [0.25, 0.3) is 0 Å². The van der Waals surface area contributed by atoms with Crippen LogP contribution in [0, 0.1) is 6.92 Å². The second-order valence-corrected chi connectivity index (χ2v) is 3.76. The highest BCUT2D eigenvalue weighted by Crippen LogP contribution is 2.14. The van der Waals surface area contributed by atoms with Crippen LogP contribution in [-0.2, 0) is 0 Å². The highest BCUT2D eigenvalue weighted by Gasteiger charge is 2.06. The summed E-state index contributed by atoms with van der Waals surface area (Å²) < 4.78 is 0.806. The van der Waals surface area contributed by atoms with Crippen LogP contribution in [-0.4, -0.2) is 10.8 Å². The predicted molar refractivity (Wildman–Crippen MR) is 55.9 cm³/mol. The van der Waals surface area contributed by atoms with Crippen LogP contribution in [0.1, 0.15) is 35.7 Å². The molecule has 3 heteroatoms. The van der Waals surface area contributed by atoms with E-state index >= 15 is 0 Å². The zero-order valence-corrected chi connectivity index (χ0v) is 9.39. The van der Waals surface area contributed by atoms with Crippen LogP contribution in [0.25, 0.3) is 0 Å². The predicted octanol–water partition coefficient (Wildman–Crippen LogP) is 3.14. The van der Waals surface area contributed by atoms with E-state index in [1.54, 1.807) is 6.20 Å². The third-order valence-corrected chi connectivity index (χ3v) is 2.64. The number of pyridine rings is 1. The lowest BCUT2D eigenvalue weighted by Gasteiger charge is -2.01. The number of carbonyl (C=O) groups is 1. The van der Waals surface area contributed by atoms with Gasteiger partial charge >= 0.3 is 0 Å². The average molecular weight is 242 g/mol. The smallest absolute Gasteiger partial charge is 0.164 e. The Balaban J connectivity index is 2.90. The number of aryl methyl sites for hydroxylation is 1. The van der Waals surface area contributed by atoms with Crippen molar-refractivity contribution in [3.05, 3.63) is 28.0 Å². The van der Waals surface area contributed by atoms with Gasteiger partial charge in [0, 0.05) is 18.2 Å². The summed E-state index contributed by atoms with van der Waals surface area (Å²) in [6, 6.07) is 1.87. The van der Waals surface area contributed by atoms with E-state index in [1.807, 2.05) is 19.9 Å². The van der Waals surface area contributed by atoms with Crippen LogP contribution in [0.4, 0.5) is 0 Å². The lowest BCUT2D eigenvalue weighted by Crippen LogP contribution is -1.99. The van der Waals surface area contributed by atoms with Crippen LogP contribution in [0.5, 0.6) is 0 Å². The van der Waals surface area contributed by atoms with E-state index in [2.05, 4.69) is 20.9 Å². The zero-order valence-electron chi connectivity index (χ0n) is 7.80. The summed E-state index contributed by atoms with van der Waals surface area (Å²) in [7, 11) is 0. The Morgan fingerprint density at radius 1 is 1.62 bits per heavy atom. The lowest BCUT2D eigenvalue weighted by atomic mass is 10.1. The van der Waals surface area contributed by atoms with Crippen molar-refractivity contribution in [3.8, 4) is 0 Å². The van der Waals surface area contributed by atoms with Crippen molar-refractivity contribution in [2.24, 2.45) is 0 Å². The second kappa shape index (κ2) is 4.51. The number of carbonyl (C=O) groups excluding carboxylic acids is 1. The molecule has 0 unspecified atom stereocenters. The van der Waals surface area contributed by atoms with Crippen LogP contribution in [0.2, 0.25) is 0 Å². The van der Waals surface area contributed by atoms with Crippen molar-refractivity contribution in [2.45, 2.75) is 26.7 Å². The molecule has 1 heterocycles. The average Bonchev–Trinajstić information content (AvgIpc) is 2.10. The van der Waals surface area contributed by atoms with E-state index in [-0.39, 0.29) is 5.78 Å². The first-order valence-corrected chi connectivity index (χ1v) is 5.09. The van der Waals surface area contributed by atoms with Crippen molar-refractivity contribution < 1.29 is 4.79 Å². The molecule has 0 aliphatic rings. The molecule has 0 aliphatic carbocycles. The van der Waals surface area contributed by atoms with Crippen LogP contribution in [0.3, 0.4) is 0 Å². The van der Waals surface area contributed by atoms with Gasteiger partial charge < -0.3 is 0 Å². The molecule has 0 fully saturated rings. The largest absolute Gasteiger partial charge is 0.294 e. The summed E-state index contributed by atoms with van der Waals surface area (Å²) in [4.78, 5) is 15.5. The van der Waals surface area contributed by atoms with Gasteiger partial charge in [0.1, 0.15) is 4.60 Å². The molecule has 13 heavy (non-hydrogen) atoms. The first-order valence-electron chi connectivity index (χ1n) is 4.30. The van der Waals surface area contributed by atoms with Crippen LogP contribution in [0.15, 0.2) is 16.9 Å². The molecular weight excluding hydrogens is 230 g/mol. The minimum absolute atomic E-state index is 0.172. The van der Waals surface area contributed by atoms with Gasteiger partial charge in [-0.2, -0.15) is 0 Å². The summed E-state index contributed by atoms with van der Waals surface area (Å²) in [5.74, 6) is 0.172. The lowest BCUT2D eigenvalue weighted by molar-refractivity contribution is 0.0981. The summed E-state index contributed by atoms with van der Waals surface area (Å²) in [5.41, 5.74) is 1.71. The molecule has 0 amide bonds. The Morgan fingerprint density at radius 2 is 2.31 bits per heavy atom. The van der Waals surface area contributed by atoms with Crippen molar-refractivity contribution in [3.63, 3.8) is 0 Å². The zero-order chi connectivity index (χ0) is 9.84. The summed E-state index contributed by atoms with van der Waals surface area (Å²) >= 11 is 3.30. The molecular formula is C10H12BrNO.